The van der Waals surface area contributed by atoms with Crippen LogP contribution in [0.1, 0.15) is 22.8 Å². The van der Waals surface area contributed by atoms with Crippen LogP contribution in [0.25, 0.3) is 6.08 Å². The molecule has 0 atom stereocenters. The molecule has 138 valence electrons. The third-order valence-corrected chi connectivity index (χ3v) is 3.55. The molecule has 0 bridgehead atoms. The van der Waals surface area contributed by atoms with E-state index in [9.17, 15) is 14.9 Å². The zero-order valence-corrected chi connectivity index (χ0v) is 14.9. The van der Waals surface area contributed by atoms with Crippen LogP contribution >= 0.6 is 0 Å². The molecule has 0 heterocycles. The lowest BCUT2D eigenvalue weighted by Gasteiger charge is -2.10. The summed E-state index contributed by atoms with van der Waals surface area (Å²) in [5.74, 6) is -0.601. The molecule has 27 heavy (non-hydrogen) atoms. The zero-order chi connectivity index (χ0) is 19.8. The maximum absolute atomic E-state index is 12.3. The molecule has 0 aliphatic rings. The highest BCUT2D eigenvalue weighted by atomic mass is 16.5. The second kappa shape index (κ2) is 9.06. The van der Waals surface area contributed by atoms with Gasteiger partial charge in [0.15, 0.2) is 11.5 Å². The van der Waals surface area contributed by atoms with Gasteiger partial charge in [-0.05, 0) is 55.0 Å². The molecule has 2 N–H and O–H groups in total. The van der Waals surface area contributed by atoms with Crippen molar-refractivity contribution in [2.75, 3.05) is 19.0 Å². The number of benzene rings is 2. The molecule has 0 unspecified atom stereocenters. The fraction of sp³-hybridized carbons (Fsp3) is 0.150. The normalized spacial score (nSPS) is 10.6. The van der Waals surface area contributed by atoms with Gasteiger partial charge >= 0.3 is 5.97 Å². The van der Waals surface area contributed by atoms with Crippen molar-refractivity contribution in [3.8, 4) is 17.6 Å². The zero-order valence-electron chi connectivity index (χ0n) is 14.9. The lowest BCUT2D eigenvalue weighted by atomic mass is 10.1. The van der Waals surface area contributed by atoms with Crippen molar-refractivity contribution >= 4 is 23.6 Å². The molecule has 0 saturated heterocycles. The molecule has 0 aliphatic carbocycles. The molecule has 0 saturated carbocycles. The van der Waals surface area contributed by atoms with Gasteiger partial charge in [0, 0.05) is 5.69 Å². The Labute approximate surface area is 156 Å². The highest BCUT2D eigenvalue weighted by Crippen LogP contribution is 2.29. The number of carboxylic acid groups (broad SMARTS) is 1. The third-order valence-electron chi connectivity index (χ3n) is 3.55. The molecular weight excluding hydrogens is 348 g/mol. The summed E-state index contributed by atoms with van der Waals surface area (Å²) in [6.45, 7) is 2.28. The molecule has 0 aromatic heterocycles. The Morgan fingerprint density at radius 1 is 1.19 bits per heavy atom. The topological polar surface area (TPSA) is 109 Å². The number of amides is 1. The van der Waals surface area contributed by atoms with Gasteiger partial charge in [0.2, 0.25) is 0 Å². The summed E-state index contributed by atoms with van der Waals surface area (Å²) < 4.78 is 10.7. The fourth-order valence-corrected chi connectivity index (χ4v) is 2.26. The highest BCUT2D eigenvalue weighted by molar-refractivity contribution is 6.09. The van der Waals surface area contributed by atoms with Gasteiger partial charge in [-0.3, -0.25) is 4.79 Å². The van der Waals surface area contributed by atoms with Crippen LogP contribution in [0.4, 0.5) is 5.69 Å². The average molecular weight is 366 g/mol. The fourth-order valence-electron chi connectivity index (χ4n) is 2.26. The van der Waals surface area contributed by atoms with Gasteiger partial charge in [0.1, 0.15) is 11.6 Å². The molecule has 2 aromatic rings. The minimum absolute atomic E-state index is 0.103. The average Bonchev–Trinajstić information content (AvgIpc) is 2.67. The first-order chi connectivity index (χ1) is 13.0. The maximum Gasteiger partial charge on any atom is 0.335 e. The smallest absolute Gasteiger partial charge is 0.335 e. The molecule has 0 spiro atoms. The summed E-state index contributed by atoms with van der Waals surface area (Å²) in [6.07, 6.45) is 1.43. The lowest BCUT2D eigenvalue weighted by Crippen LogP contribution is -2.13. The number of carbonyl (C=O) groups excluding carboxylic acids is 1. The van der Waals surface area contributed by atoms with Crippen LogP contribution < -0.4 is 14.8 Å². The molecule has 7 heteroatoms. The SMILES string of the molecule is CCOc1cc(/C=C(/C#N)C(=O)Nc2ccc(C(=O)O)cc2)ccc1OC. The number of carbonyl (C=O) groups is 2. The summed E-state index contributed by atoms with van der Waals surface area (Å²) in [5.41, 5.74) is 0.985. The highest BCUT2D eigenvalue weighted by Gasteiger charge is 2.12. The second-order valence-electron chi connectivity index (χ2n) is 5.35. The Kier molecular flexibility index (Phi) is 6.55. The van der Waals surface area contributed by atoms with E-state index in [1.54, 1.807) is 18.2 Å². The number of nitriles is 1. The number of aromatic carboxylic acids is 1. The lowest BCUT2D eigenvalue weighted by molar-refractivity contribution is -0.112. The molecule has 0 fully saturated rings. The minimum Gasteiger partial charge on any atom is -0.493 e. The number of anilines is 1. The van der Waals surface area contributed by atoms with E-state index < -0.39 is 11.9 Å². The Hall–Kier alpha value is -3.79. The first kappa shape index (κ1) is 19.5. The Morgan fingerprint density at radius 3 is 2.44 bits per heavy atom. The first-order valence-electron chi connectivity index (χ1n) is 8.05. The van der Waals surface area contributed by atoms with E-state index >= 15 is 0 Å². The van der Waals surface area contributed by atoms with Gasteiger partial charge in [0.25, 0.3) is 5.91 Å². The monoisotopic (exact) mass is 366 g/mol. The van der Waals surface area contributed by atoms with E-state index in [1.165, 1.54) is 37.5 Å². The number of nitrogens with zero attached hydrogens (tertiary/aromatic N) is 1. The predicted octanol–water partition coefficient (Wildman–Crippen LogP) is 3.34. The Balaban J connectivity index is 2.22. The van der Waals surface area contributed by atoms with Crippen molar-refractivity contribution in [3.05, 3.63) is 59.2 Å². The predicted molar refractivity (Wildman–Crippen MR) is 99.8 cm³/mol. The van der Waals surface area contributed by atoms with E-state index in [2.05, 4.69) is 5.32 Å². The van der Waals surface area contributed by atoms with Gasteiger partial charge in [0.05, 0.1) is 19.3 Å². The quantitative estimate of drug-likeness (QED) is 0.575. The van der Waals surface area contributed by atoms with Crippen molar-refractivity contribution in [1.82, 2.24) is 0 Å². The number of methoxy groups -OCH3 is 1. The molecule has 2 aromatic carbocycles. The standard InChI is InChI=1S/C20H18N2O5/c1-3-27-18-11-13(4-9-17(18)26-2)10-15(12-21)19(23)22-16-7-5-14(6-8-16)20(24)25/h4-11H,3H2,1-2H3,(H,22,23)(H,24,25)/b15-10-. The summed E-state index contributed by atoms with van der Waals surface area (Å²) in [6, 6.07) is 12.6. The minimum atomic E-state index is -1.06. The van der Waals surface area contributed by atoms with Gasteiger partial charge in [-0.2, -0.15) is 5.26 Å². The van der Waals surface area contributed by atoms with Crippen molar-refractivity contribution in [3.63, 3.8) is 0 Å². The number of carboxylic acids is 1. The van der Waals surface area contributed by atoms with Crippen LogP contribution in [0.3, 0.4) is 0 Å². The summed E-state index contributed by atoms with van der Waals surface area (Å²) in [5, 5.41) is 20.8. The van der Waals surface area contributed by atoms with Crippen molar-refractivity contribution in [1.29, 1.82) is 5.26 Å². The second-order valence-corrected chi connectivity index (χ2v) is 5.35. The first-order valence-corrected chi connectivity index (χ1v) is 8.05. The number of ether oxygens (including phenoxy) is 2. The summed E-state index contributed by atoms with van der Waals surface area (Å²) in [4.78, 5) is 23.2. The van der Waals surface area contributed by atoms with Crippen LogP contribution in [-0.4, -0.2) is 30.7 Å². The summed E-state index contributed by atoms with van der Waals surface area (Å²) in [7, 11) is 1.52. The van der Waals surface area contributed by atoms with Crippen LogP contribution in [-0.2, 0) is 4.79 Å². The van der Waals surface area contributed by atoms with Gasteiger partial charge in [-0.25, -0.2) is 4.79 Å². The number of nitrogens with one attached hydrogen (secondary N) is 1. The molecule has 0 radical (unpaired) electrons. The number of rotatable bonds is 7. The van der Waals surface area contributed by atoms with E-state index in [4.69, 9.17) is 14.6 Å². The van der Waals surface area contributed by atoms with E-state index in [0.717, 1.165) is 0 Å². The summed E-state index contributed by atoms with van der Waals surface area (Å²) >= 11 is 0. The van der Waals surface area contributed by atoms with E-state index in [0.29, 0.717) is 29.4 Å². The third kappa shape index (κ3) is 5.09. The van der Waals surface area contributed by atoms with Crippen LogP contribution in [0.5, 0.6) is 11.5 Å². The van der Waals surface area contributed by atoms with Crippen molar-refractivity contribution in [2.45, 2.75) is 6.92 Å². The Bertz CT molecular complexity index is 911. The molecule has 7 nitrogen and oxygen atoms in total. The molecule has 2 rings (SSSR count). The number of hydrogen-bond acceptors (Lipinski definition) is 5. The van der Waals surface area contributed by atoms with E-state index in [1.807, 2.05) is 13.0 Å². The maximum atomic E-state index is 12.3. The Morgan fingerprint density at radius 2 is 1.89 bits per heavy atom. The van der Waals surface area contributed by atoms with Crippen molar-refractivity contribution in [2.24, 2.45) is 0 Å². The number of hydrogen-bond donors (Lipinski definition) is 2. The van der Waals surface area contributed by atoms with Gasteiger partial charge in [-0.1, -0.05) is 6.07 Å². The molecule has 1 amide bonds. The van der Waals surface area contributed by atoms with Gasteiger partial charge < -0.3 is 19.9 Å². The van der Waals surface area contributed by atoms with E-state index in [-0.39, 0.29) is 11.1 Å². The van der Waals surface area contributed by atoms with Crippen LogP contribution in [0, 0.1) is 11.3 Å². The van der Waals surface area contributed by atoms with Crippen molar-refractivity contribution < 1.29 is 24.2 Å². The largest absolute Gasteiger partial charge is 0.493 e. The van der Waals surface area contributed by atoms with Gasteiger partial charge in [-0.15, -0.1) is 0 Å². The molecular formula is C20H18N2O5. The van der Waals surface area contributed by atoms with Crippen LogP contribution in [0.2, 0.25) is 0 Å². The van der Waals surface area contributed by atoms with Crippen LogP contribution in [0.15, 0.2) is 48.0 Å². The molecule has 0 aliphatic heterocycles.